The minimum Gasteiger partial charge on any atom is -0.358 e. The van der Waals surface area contributed by atoms with Crippen LogP contribution in [-0.2, 0) is 65.4 Å². The molecule has 2 radical (unpaired) electrons. The Morgan fingerprint density at radius 1 is 1.00 bits per heavy atom. The second-order valence-electron chi connectivity index (χ2n) is 0. The maximum Gasteiger partial charge on any atom is 0.0467 e. The summed E-state index contributed by atoms with van der Waals surface area (Å²) < 4.78 is 0. The van der Waals surface area contributed by atoms with Gasteiger partial charge in [0.05, 0.1) is 0 Å². The van der Waals surface area contributed by atoms with Crippen LogP contribution in [0.15, 0.2) is 0 Å². The Morgan fingerprint density at radius 2 is 1.00 bits per heavy atom. The van der Waals surface area contributed by atoms with Gasteiger partial charge in [0.2, 0.25) is 0 Å². The van der Waals surface area contributed by atoms with Gasteiger partial charge in [-0.3, -0.25) is 0 Å². The van der Waals surface area contributed by atoms with E-state index >= 15 is 0 Å². The summed E-state index contributed by atoms with van der Waals surface area (Å²) in [5.74, 6) is 0. The summed E-state index contributed by atoms with van der Waals surface area (Å²) in [7, 11) is 0. The minimum absolute atomic E-state index is 0. The van der Waals surface area contributed by atoms with Gasteiger partial charge in [0, 0.05) is 72.8 Å². The first-order valence-electron chi connectivity index (χ1n) is 0.500. The van der Waals surface area contributed by atoms with Crippen molar-refractivity contribution in [1.29, 1.82) is 0 Å². The summed E-state index contributed by atoms with van der Waals surface area (Å²) in [4.78, 5) is 0. The van der Waals surface area contributed by atoms with Crippen molar-refractivity contribution in [3.8, 4) is 0 Å². The number of rotatable bonds is 0. The molecule has 0 unspecified atom stereocenters. The van der Waals surface area contributed by atoms with Crippen LogP contribution in [0.4, 0.5) is 0 Å². The van der Waals surface area contributed by atoms with Crippen LogP contribution in [-0.4, -0.2) is 0 Å². The van der Waals surface area contributed by atoms with Crippen molar-refractivity contribution in [3.63, 3.8) is 0 Å². The molecule has 0 N–H and O–H groups in total. The molecule has 0 atom stereocenters. The molecule has 0 amide bonds. The monoisotopic (exact) mass is 236 g/mol. The van der Waals surface area contributed by atoms with E-state index in [0.717, 1.165) is 0 Å². The third-order valence-corrected chi connectivity index (χ3v) is 0. The van der Waals surface area contributed by atoms with Crippen molar-refractivity contribution in [2.75, 3.05) is 0 Å². The number of hydrogen-bond acceptors (Lipinski definition) is 0. The molecule has 0 aromatic carbocycles. The van der Waals surface area contributed by atoms with E-state index < -0.39 is 0 Å². The molecule has 0 aliphatic rings. The van der Waals surface area contributed by atoms with Crippen LogP contribution in [0.1, 0.15) is 0 Å². The first-order valence-corrected chi connectivity index (χ1v) is 0.500. The zero-order valence-electron chi connectivity index (χ0n) is 4.57. The van der Waals surface area contributed by atoms with Gasteiger partial charge < -0.3 is 7.43 Å². The maximum absolute atomic E-state index is 3.00. The van der Waals surface area contributed by atoms with Gasteiger partial charge in [-0.2, -0.15) is 6.92 Å². The van der Waals surface area contributed by atoms with Crippen LogP contribution in [0.5, 0.6) is 0 Å². The quantitative estimate of drug-likeness (QED) is 0.559. The van der Waals surface area contributed by atoms with Crippen LogP contribution in [0.3, 0.4) is 0 Å². The molecule has 0 heterocycles. The van der Waals surface area contributed by atoms with E-state index in [1.165, 1.54) is 0 Å². The van der Waals surface area contributed by atoms with E-state index in [4.69, 9.17) is 0 Å². The Labute approximate surface area is 92.6 Å². The third kappa shape index (κ3) is 38.4. The maximum atomic E-state index is 3.00. The summed E-state index contributed by atoms with van der Waals surface area (Å²) >= 11 is 0. The van der Waals surface area contributed by atoms with E-state index in [-0.39, 0.29) is 80.3 Å². The average molecular weight is 236 g/mol. The smallest absolute Gasteiger partial charge is 0.0467 e. The van der Waals surface area contributed by atoms with Crippen LogP contribution in [0.2, 0.25) is 0 Å². The molecule has 0 saturated heterocycles. The molecule has 2 heteroatoms. The molecular formula is C4H10Y2. The predicted octanol–water partition coefficient (Wildman–Crippen LogP) is 1.55. The van der Waals surface area contributed by atoms with Crippen LogP contribution < -0.4 is 0 Å². The predicted molar refractivity (Wildman–Crippen MR) is 23.5 cm³/mol. The topological polar surface area (TPSA) is 0 Å². The molecular weight excluding hydrogens is 226 g/mol. The second-order valence-corrected chi connectivity index (χ2v) is 0. The summed E-state index contributed by atoms with van der Waals surface area (Å²) in [6, 6.07) is 0. The molecule has 0 spiro atoms. The molecule has 0 aromatic heterocycles. The van der Waals surface area contributed by atoms with Gasteiger partial charge in [-0.15, -0.1) is 0 Å². The first-order chi connectivity index (χ1) is 1.00. The van der Waals surface area contributed by atoms with Crippen molar-refractivity contribution in [1.82, 2.24) is 0 Å². The Bertz CT molecular complexity index is 5.51. The molecule has 0 aliphatic heterocycles. The Kier molecular flexibility index (Phi) is 477. The van der Waals surface area contributed by atoms with E-state index in [1.54, 1.807) is 0 Å². The fraction of sp³-hybridized carbons (Fsp3) is 0. The van der Waals surface area contributed by atoms with Crippen molar-refractivity contribution in [3.05, 3.63) is 28.7 Å². The Hall–Kier alpha value is 1.95. The second kappa shape index (κ2) is 64.8. The zero-order chi connectivity index (χ0) is 2.00. The normalized spacial score (nSPS) is 0.833. The standard InChI is InChI=1S/C2H4.2CH3.2Y/c1-2;;;;/h1-2H2;2*1H3;;/q;-1;+1;;. The van der Waals surface area contributed by atoms with Crippen molar-refractivity contribution < 1.29 is 65.4 Å². The summed E-state index contributed by atoms with van der Waals surface area (Å²) in [6.07, 6.45) is 0. The van der Waals surface area contributed by atoms with Gasteiger partial charge in [0.25, 0.3) is 0 Å². The Morgan fingerprint density at radius 3 is 1.00 bits per heavy atom. The average Bonchev–Trinajstić information content (AvgIpc) is 1.00. The van der Waals surface area contributed by atoms with Gasteiger partial charge in [-0.25, -0.2) is 0 Å². The molecule has 6 heavy (non-hydrogen) atoms. The molecule has 0 bridgehead atoms. The van der Waals surface area contributed by atoms with E-state index in [2.05, 4.69) is 13.8 Å². The summed E-state index contributed by atoms with van der Waals surface area (Å²) in [6.45, 7) is 6.00. The van der Waals surface area contributed by atoms with E-state index in [9.17, 15) is 0 Å². The molecule has 0 aliphatic carbocycles. The molecule has 0 rings (SSSR count). The van der Waals surface area contributed by atoms with Gasteiger partial charge >= 0.3 is 0 Å². The summed E-state index contributed by atoms with van der Waals surface area (Å²) in [5, 5.41) is 0. The summed E-state index contributed by atoms with van der Waals surface area (Å²) in [5.41, 5.74) is 0. The van der Waals surface area contributed by atoms with E-state index in [0.29, 0.717) is 0 Å². The van der Waals surface area contributed by atoms with Crippen molar-refractivity contribution >= 4 is 0 Å². The Balaban J connectivity index is -0.000000000833. The van der Waals surface area contributed by atoms with Crippen LogP contribution >= 0.6 is 0 Å². The van der Waals surface area contributed by atoms with Gasteiger partial charge in [0.15, 0.2) is 0 Å². The molecule has 0 nitrogen and oxygen atoms in total. The third-order valence-electron chi connectivity index (χ3n) is 0. The van der Waals surface area contributed by atoms with Gasteiger partial charge in [-0.1, -0.05) is 6.92 Å². The largest absolute Gasteiger partial charge is 0.358 e. The van der Waals surface area contributed by atoms with Gasteiger partial charge in [-0.05, 0) is 0 Å². The fourth-order valence-corrected chi connectivity index (χ4v) is 0. The van der Waals surface area contributed by atoms with Crippen molar-refractivity contribution in [2.45, 2.75) is 0 Å². The van der Waals surface area contributed by atoms with Gasteiger partial charge in [0.1, 0.15) is 0 Å². The molecule has 0 saturated carbocycles. The molecule has 0 aromatic rings. The zero-order valence-corrected chi connectivity index (χ0v) is 10.2. The fourth-order valence-electron chi connectivity index (χ4n) is 0. The van der Waals surface area contributed by atoms with Crippen LogP contribution in [0.25, 0.3) is 0 Å². The minimum atomic E-state index is 0. The molecule has 32 valence electrons. The number of hydrogen-bond donors (Lipinski definition) is 0. The van der Waals surface area contributed by atoms with Crippen LogP contribution in [0, 0.1) is 28.7 Å². The van der Waals surface area contributed by atoms with Crippen molar-refractivity contribution in [2.24, 2.45) is 0 Å². The molecule has 0 fully saturated rings. The SMILES string of the molecule is [CH2+][CH2-].[CH3+].[CH3-].[Y].[Y]. The van der Waals surface area contributed by atoms with E-state index in [1.807, 2.05) is 0 Å². The first kappa shape index (κ1) is 44.2.